The molecule has 2 fully saturated rings. The van der Waals surface area contributed by atoms with Crippen LogP contribution in [0.1, 0.15) is 85.9 Å². The molecule has 3 radical (unpaired) electrons. The molecule has 6 heterocycles. The van der Waals surface area contributed by atoms with Gasteiger partial charge in [-0.15, -0.1) is 0 Å². The van der Waals surface area contributed by atoms with Crippen molar-refractivity contribution in [1.82, 2.24) is 48.5 Å². The quantitative estimate of drug-likeness (QED) is 0.0414. The second-order valence-corrected chi connectivity index (χ2v) is 25.3. The number of rotatable bonds is 24. The van der Waals surface area contributed by atoms with E-state index in [1.165, 1.54) is 21.8 Å². The number of fused-ring (bicyclic) bond motifs is 2. The van der Waals surface area contributed by atoms with E-state index in [4.69, 9.17) is 9.47 Å². The van der Waals surface area contributed by atoms with Crippen molar-refractivity contribution in [1.29, 1.82) is 0 Å². The van der Waals surface area contributed by atoms with Crippen LogP contribution in [0.3, 0.4) is 0 Å². The molecule has 0 bridgehead atoms. The molecule has 10 rings (SSSR count). The Hall–Kier alpha value is -2.60. The first-order valence-corrected chi connectivity index (χ1v) is 31.0. The molecular weight excluding hydrogens is 1800 g/mol. The number of nitrogens with one attached hydrogen (secondary N) is 4. The van der Waals surface area contributed by atoms with Gasteiger partial charge in [-0.05, 0) is 34.1 Å². The first-order valence-electron chi connectivity index (χ1n) is 27.7. The predicted octanol–water partition coefficient (Wildman–Crippen LogP) is 3.51. The number of nitrogens with zero attached hydrogens (tertiary/aromatic N) is 8. The van der Waals surface area contributed by atoms with Crippen molar-refractivity contribution in [3.63, 3.8) is 0 Å². The van der Waals surface area contributed by atoms with Crippen LogP contribution in [-0.4, -0.2) is 161 Å². The summed E-state index contributed by atoms with van der Waals surface area (Å²) in [5.41, 5.74) is 5.69. The molecule has 0 saturated carbocycles. The monoisotopic (exact) mass is 1870 g/mol. The Morgan fingerprint density at radius 2 is 0.793 bits per heavy atom. The summed E-state index contributed by atoms with van der Waals surface area (Å²) in [6, 6.07) is 40.2. The second-order valence-electron chi connectivity index (χ2n) is 21.6. The number of sulfonamides is 2. The Kier molecular flexibility index (Phi) is 28.6. The third-order valence-corrected chi connectivity index (χ3v) is 17.7. The molecule has 0 spiro atoms. The summed E-state index contributed by atoms with van der Waals surface area (Å²) in [7, 11) is -7.16. The zero-order valence-electron chi connectivity index (χ0n) is 48.5. The SMILES string of the molecule is CC(C)CS(=O)(=O)NCc1nc(NCC(c2ccccc2)c2ccccc2)c2ncn(C3O[C@H](CO)C(O)C3O)c2n1.CC(C)CS(=O)(=O)NCc1nc(NCC(c2ccccc2)c2ccccc2)c2ncn([C@@H]3O[C@H](CO)[C@@H](O)[C@H]3O)c2n1.[Ac].[Ac].[Ac]. The fourth-order valence-electron chi connectivity index (χ4n) is 10.3. The summed E-state index contributed by atoms with van der Waals surface area (Å²) < 4.78 is 69.7. The van der Waals surface area contributed by atoms with Gasteiger partial charge in [0, 0.05) is 157 Å². The first kappa shape index (κ1) is 73.5. The van der Waals surface area contributed by atoms with Crippen LogP contribution < -0.4 is 20.1 Å². The molecular formula is C58H72Ac3N12O12S2. The van der Waals surface area contributed by atoms with Gasteiger partial charge in [0.05, 0.1) is 50.5 Å². The number of benzene rings is 4. The molecule has 24 nitrogen and oxygen atoms in total. The summed E-state index contributed by atoms with van der Waals surface area (Å²) in [5.74, 6) is 0.826. The number of hydrogen-bond donors (Lipinski definition) is 10. The minimum Gasteiger partial charge on any atom is -0.394 e. The van der Waals surface area contributed by atoms with E-state index in [9.17, 15) is 47.5 Å². The van der Waals surface area contributed by atoms with Gasteiger partial charge < -0.3 is 50.7 Å². The predicted molar refractivity (Wildman–Crippen MR) is 314 cm³/mol. The van der Waals surface area contributed by atoms with Crippen molar-refractivity contribution in [2.75, 3.05) is 48.4 Å². The molecule has 457 valence electrons. The average molecular weight is 1870 g/mol. The van der Waals surface area contributed by atoms with Crippen molar-refractivity contribution in [3.8, 4) is 0 Å². The minimum absolute atomic E-state index is 0. The van der Waals surface area contributed by atoms with Gasteiger partial charge in [0.15, 0.2) is 46.4 Å². The first-order chi connectivity index (χ1) is 40.3. The maximum Gasteiger partial charge on any atom is 0.212 e. The maximum absolute atomic E-state index is 12.6. The van der Waals surface area contributed by atoms with E-state index in [1.54, 1.807) is 0 Å². The topological polar surface area (TPSA) is 343 Å². The van der Waals surface area contributed by atoms with Crippen molar-refractivity contribution in [2.24, 2.45) is 11.8 Å². The van der Waals surface area contributed by atoms with Crippen LogP contribution in [-0.2, 0) is 42.6 Å². The Labute approximate surface area is 613 Å². The Morgan fingerprint density at radius 3 is 1.07 bits per heavy atom. The van der Waals surface area contributed by atoms with E-state index in [2.05, 4.69) is 98.5 Å². The molecule has 87 heavy (non-hydrogen) atoms. The number of aliphatic hydroxyl groups excluding tert-OH is 6. The van der Waals surface area contributed by atoms with E-state index in [-0.39, 0.29) is 203 Å². The van der Waals surface area contributed by atoms with Gasteiger partial charge in [0.2, 0.25) is 20.0 Å². The van der Waals surface area contributed by atoms with Gasteiger partial charge in [-0.3, -0.25) is 9.13 Å². The van der Waals surface area contributed by atoms with E-state index in [0.29, 0.717) is 35.8 Å². The average Bonchev–Trinajstić information content (AvgIpc) is 1.70. The number of imidazole rings is 2. The zero-order chi connectivity index (χ0) is 59.7. The van der Waals surface area contributed by atoms with Crippen LogP contribution in [0, 0.1) is 144 Å². The van der Waals surface area contributed by atoms with Crippen LogP contribution >= 0.6 is 0 Å². The molecule has 3 unspecified atom stereocenters. The van der Waals surface area contributed by atoms with Gasteiger partial charge in [-0.1, -0.05) is 149 Å². The molecule has 8 aromatic rings. The van der Waals surface area contributed by atoms with Crippen molar-refractivity contribution < 1.29 is 189 Å². The number of ether oxygens (including phenoxy) is 2. The van der Waals surface area contributed by atoms with Gasteiger partial charge in [-0.2, -0.15) is 0 Å². The normalized spacial score (nSPS) is 20.3. The summed E-state index contributed by atoms with van der Waals surface area (Å²) in [5, 5.41) is 67.9. The third-order valence-electron chi connectivity index (χ3n) is 14.3. The summed E-state index contributed by atoms with van der Waals surface area (Å²) >= 11 is 0. The van der Waals surface area contributed by atoms with Crippen LogP contribution in [0.5, 0.6) is 0 Å². The van der Waals surface area contributed by atoms with Crippen LogP contribution in [0.2, 0.25) is 0 Å². The standard InChI is InChI=1S/2C29H36N6O6S.3Ac/c2*1-18(2)16-42(39,40)32-14-23-33-27(30-13-21(19-9-5-3-6-10-19)20-11-7-4-8-12-20)24-28(34-23)35(17-31-24)29-26(38)25(37)22(15-36)41-29;;;/h2*3-12,17-18,21-22,25-26,29,32,36-38H,13-16H2,1-2H3,(H,30,33,34);;;/t22-,25?,26?,29?;22-,25-,26-,29-;;;/m11.../s1. The smallest absolute Gasteiger partial charge is 0.212 e. The molecule has 2 saturated heterocycles. The van der Waals surface area contributed by atoms with Crippen LogP contribution in [0.25, 0.3) is 22.3 Å². The fourth-order valence-corrected chi connectivity index (χ4v) is 12.9. The fraction of sp³-hybridized carbons (Fsp3) is 0.414. The number of anilines is 2. The number of aliphatic hydroxyl groups is 6. The molecule has 2 aliphatic rings. The van der Waals surface area contributed by atoms with Gasteiger partial charge in [0.1, 0.15) is 48.3 Å². The van der Waals surface area contributed by atoms with Crippen molar-refractivity contribution in [2.45, 2.75) is 102 Å². The molecule has 4 aromatic heterocycles. The number of hydrogen-bond acceptors (Lipinski definition) is 20. The molecule has 8 atom stereocenters. The van der Waals surface area contributed by atoms with Gasteiger partial charge in [-0.25, -0.2) is 56.2 Å². The third kappa shape index (κ3) is 18.8. The Balaban J connectivity index is 0.000000269. The molecule has 4 aromatic carbocycles. The Bertz CT molecular complexity index is 3350. The van der Waals surface area contributed by atoms with Gasteiger partial charge in [0.25, 0.3) is 0 Å². The van der Waals surface area contributed by atoms with Crippen LogP contribution in [0.15, 0.2) is 134 Å². The van der Waals surface area contributed by atoms with E-state index in [0.717, 1.165) is 22.3 Å². The van der Waals surface area contributed by atoms with E-state index < -0.39 is 82.3 Å². The second kappa shape index (κ2) is 33.8. The van der Waals surface area contributed by atoms with Crippen molar-refractivity contribution >= 4 is 54.0 Å². The van der Waals surface area contributed by atoms with Gasteiger partial charge >= 0.3 is 0 Å². The largest absolute Gasteiger partial charge is 0.394 e. The molecule has 0 aliphatic carbocycles. The number of aromatic nitrogens is 8. The maximum atomic E-state index is 12.6. The summed E-state index contributed by atoms with van der Waals surface area (Å²) in [4.78, 5) is 27.4. The zero-order valence-corrected chi connectivity index (χ0v) is 64.4. The van der Waals surface area contributed by atoms with E-state index >= 15 is 0 Å². The molecule has 0 amide bonds. The summed E-state index contributed by atoms with van der Waals surface area (Å²) in [6.45, 7) is 6.87. The molecule has 10 N–H and O–H groups in total. The summed E-state index contributed by atoms with van der Waals surface area (Å²) in [6.07, 6.45) is -6.59. The molecule has 29 heteroatoms. The van der Waals surface area contributed by atoms with Crippen molar-refractivity contribution in [3.05, 3.63) is 168 Å². The minimum atomic E-state index is -3.58. The Morgan fingerprint density at radius 1 is 0.483 bits per heavy atom. The van der Waals surface area contributed by atoms with E-state index in [1.807, 2.05) is 100 Å². The molecule has 2 aliphatic heterocycles. The van der Waals surface area contributed by atoms with Crippen LogP contribution in [0.4, 0.5) is 11.6 Å².